The molecule has 1 fully saturated rings. The second-order valence-corrected chi connectivity index (χ2v) is 5.62. The van der Waals surface area contributed by atoms with E-state index >= 15 is 0 Å². The summed E-state index contributed by atoms with van der Waals surface area (Å²) in [5.74, 6) is 0.188. The van der Waals surface area contributed by atoms with E-state index in [0.29, 0.717) is 10.6 Å². The topological polar surface area (TPSA) is 67.4 Å². The molecule has 1 aliphatic carbocycles. The van der Waals surface area contributed by atoms with Gasteiger partial charge in [0.2, 0.25) is 5.91 Å². The van der Waals surface area contributed by atoms with Crippen molar-refractivity contribution in [2.75, 3.05) is 25.5 Å². The molecule has 19 heavy (non-hydrogen) atoms. The highest BCUT2D eigenvalue weighted by atomic mass is 32.1. The third kappa shape index (κ3) is 3.78. The lowest BCUT2D eigenvalue weighted by atomic mass is 10.2. The van der Waals surface area contributed by atoms with Crippen LogP contribution in [0, 0.1) is 12.8 Å². The maximum Gasteiger partial charge on any atom is 0.350 e. The van der Waals surface area contributed by atoms with Crippen molar-refractivity contribution < 1.29 is 14.3 Å². The summed E-state index contributed by atoms with van der Waals surface area (Å²) in [5, 5.41) is 7.73. The summed E-state index contributed by atoms with van der Waals surface area (Å²) in [7, 11) is 1.33. The number of nitrogens with one attached hydrogen (secondary N) is 2. The van der Waals surface area contributed by atoms with Gasteiger partial charge in [-0.25, -0.2) is 4.79 Å². The lowest BCUT2D eigenvalue weighted by molar-refractivity contribution is -0.115. The first-order valence-corrected chi connectivity index (χ1v) is 7.16. The summed E-state index contributed by atoms with van der Waals surface area (Å²) < 4.78 is 4.70. The average Bonchev–Trinajstić information content (AvgIpc) is 3.14. The van der Waals surface area contributed by atoms with Gasteiger partial charge in [-0.2, -0.15) is 0 Å². The number of thiophene rings is 1. The van der Waals surface area contributed by atoms with Crippen molar-refractivity contribution >= 4 is 28.9 Å². The van der Waals surface area contributed by atoms with E-state index in [9.17, 15) is 9.59 Å². The molecule has 2 N–H and O–H groups in total. The maximum atomic E-state index is 11.8. The Morgan fingerprint density at radius 2 is 2.21 bits per heavy atom. The van der Waals surface area contributed by atoms with Crippen LogP contribution >= 0.6 is 11.3 Å². The van der Waals surface area contributed by atoms with Gasteiger partial charge in [-0.1, -0.05) is 0 Å². The van der Waals surface area contributed by atoms with Crippen LogP contribution in [0.4, 0.5) is 5.69 Å². The van der Waals surface area contributed by atoms with E-state index in [1.54, 1.807) is 0 Å². The smallest absolute Gasteiger partial charge is 0.350 e. The zero-order chi connectivity index (χ0) is 13.8. The van der Waals surface area contributed by atoms with Gasteiger partial charge in [0.1, 0.15) is 4.88 Å². The molecule has 0 radical (unpaired) electrons. The monoisotopic (exact) mass is 282 g/mol. The molecule has 0 saturated heterocycles. The lowest BCUT2D eigenvalue weighted by Crippen LogP contribution is -2.30. The number of ether oxygens (including phenoxy) is 1. The Morgan fingerprint density at radius 1 is 1.47 bits per heavy atom. The molecule has 0 unspecified atom stereocenters. The van der Waals surface area contributed by atoms with E-state index in [1.165, 1.54) is 31.3 Å². The Hall–Kier alpha value is -1.40. The number of carbonyl (C=O) groups excluding carboxylic acids is 2. The van der Waals surface area contributed by atoms with Crippen LogP contribution in [0.5, 0.6) is 0 Å². The number of anilines is 1. The van der Waals surface area contributed by atoms with Crippen LogP contribution in [-0.2, 0) is 9.53 Å². The normalized spacial score (nSPS) is 14.2. The highest BCUT2D eigenvalue weighted by Crippen LogP contribution is 2.28. The van der Waals surface area contributed by atoms with Crippen LogP contribution < -0.4 is 10.6 Å². The zero-order valence-corrected chi connectivity index (χ0v) is 11.9. The van der Waals surface area contributed by atoms with Crippen LogP contribution in [-0.4, -0.2) is 32.1 Å². The number of aryl methyl sites for hydroxylation is 1. The van der Waals surface area contributed by atoms with Gasteiger partial charge in [0.25, 0.3) is 0 Å². The Labute approximate surface area is 116 Å². The molecule has 1 heterocycles. The Kier molecular flexibility index (Phi) is 4.55. The van der Waals surface area contributed by atoms with Crippen molar-refractivity contribution in [2.24, 2.45) is 5.92 Å². The Morgan fingerprint density at radius 3 is 2.84 bits per heavy atom. The van der Waals surface area contributed by atoms with Crippen molar-refractivity contribution in [1.29, 1.82) is 0 Å². The number of methoxy groups -OCH3 is 1. The minimum absolute atomic E-state index is 0.132. The SMILES string of the molecule is COC(=O)c1scc(C)c1NC(=O)CNCC1CC1. The molecule has 0 bridgehead atoms. The number of esters is 1. The Balaban J connectivity index is 1.91. The molecule has 1 aliphatic rings. The molecule has 0 aliphatic heterocycles. The second-order valence-electron chi connectivity index (χ2n) is 4.74. The number of carbonyl (C=O) groups is 2. The molecule has 1 amide bonds. The fourth-order valence-corrected chi connectivity index (χ4v) is 2.66. The molecule has 104 valence electrons. The fraction of sp³-hybridized carbons (Fsp3) is 0.538. The molecular weight excluding hydrogens is 264 g/mol. The third-order valence-electron chi connectivity index (χ3n) is 3.03. The third-order valence-corrected chi connectivity index (χ3v) is 4.10. The summed E-state index contributed by atoms with van der Waals surface area (Å²) in [6.07, 6.45) is 2.51. The van der Waals surface area contributed by atoms with Gasteiger partial charge in [-0.15, -0.1) is 11.3 Å². The summed E-state index contributed by atoms with van der Waals surface area (Å²) in [5.41, 5.74) is 1.44. The summed E-state index contributed by atoms with van der Waals surface area (Å²) in [6.45, 7) is 3.02. The minimum Gasteiger partial charge on any atom is -0.465 e. The highest BCUT2D eigenvalue weighted by molar-refractivity contribution is 7.12. The van der Waals surface area contributed by atoms with Gasteiger partial charge in [-0.05, 0) is 43.2 Å². The number of rotatable bonds is 6. The maximum absolute atomic E-state index is 11.8. The molecule has 2 rings (SSSR count). The molecule has 6 heteroatoms. The van der Waals surface area contributed by atoms with E-state index in [2.05, 4.69) is 10.6 Å². The van der Waals surface area contributed by atoms with Crippen molar-refractivity contribution in [2.45, 2.75) is 19.8 Å². The fourth-order valence-electron chi connectivity index (χ4n) is 1.74. The van der Waals surface area contributed by atoms with E-state index in [0.717, 1.165) is 18.0 Å². The molecule has 0 aromatic carbocycles. The molecule has 5 nitrogen and oxygen atoms in total. The van der Waals surface area contributed by atoms with Crippen molar-refractivity contribution in [3.63, 3.8) is 0 Å². The lowest BCUT2D eigenvalue weighted by Gasteiger charge is -2.08. The van der Waals surface area contributed by atoms with Crippen molar-refractivity contribution in [3.8, 4) is 0 Å². The van der Waals surface area contributed by atoms with Gasteiger partial charge in [0.05, 0.1) is 19.3 Å². The molecule has 1 aromatic heterocycles. The van der Waals surface area contributed by atoms with Crippen LogP contribution in [0.15, 0.2) is 5.38 Å². The molecule has 0 spiro atoms. The van der Waals surface area contributed by atoms with Crippen LogP contribution in [0.2, 0.25) is 0 Å². The predicted molar refractivity (Wildman–Crippen MR) is 74.6 cm³/mol. The largest absolute Gasteiger partial charge is 0.465 e. The van der Waals surface area contributed by atoms with Gasteiger partial charge in [-0.3, -0.25) is 4.79 Å². The van der Waals surface area contributed by atoms with E-state index < -0.39 is 5.97 Å². The van der Waals surface area contributed by atoms with E-state index in [-0.39, 0.29) is 12.5 Å². The number of hydrogen-bond donors (Lipinski definition) is 2. The second kappa shape index (κ2) is 6.16. The van der Waals surface area contributed by atoms with Gasteiger partial charge >= 0.3 is 5.97 Å². The number of amides is 1. The number of hydrogen-bond acceptors (Lipinski definition) is 5. The summed E-state index contributed by atoms with van der Waals surface area (Å²) >= 11 is 1.28. The zero-order valence-electron chi connectivity index (χ0n) is 11.1. The highest BCUT2D eigenvalue weighted by Gasteiger charge is 2.21. The first-order chi connectivity index (χ1) is 9.11. The van der Waals surface area contributed by atoms with Gasteiger partial charge < -0.3 is 15.4 Å². The van der Waals surface area contributed by atoms with E-state index in [1.807, 2.05) is 12.3 Å². The standard InChI is InChI=1S/C13H18N2O3S/c1-8-7-19-12(13(17)18-2)11(8)15-10(16)6-14-5-9-3-4-9/h7,9,14H,3-6H2,1-2H3,(H,15,16). The average molecular weight is 282 g/mol. The van der Waals surface area contributed by atoms with Gasteiger partial charge in [0, 0.05) is 0 Å². The van der Waals surface area contributed by atoms with Crippen molar-refractivity contribution in [3.05, 3.63) is 15.8 Å². The molecular formula is C13H18N2O3S. The molecule has 1 aromatic rings. The first kappa shape index (κ1) is 14.0. The van der Waals surface area contributed by atoms with Crippen LogP contribution in [0.25, 0.3) is 0 Å². The van der Waals surface area contributed by atoms with E-state index in [4.69, 9.17) is 4.74 Å². The van der Waals surface area contributed by atoms with Crippen molar-refractivity contribution in [1.82, 2.24) is 5.32 Å². The van der Waals surface area contributed by atoms with Gasteiger partial charge in [0.15, 0.2) is 0 Å². The van der Waals surface area contributed by atoms with Crippen LogP contribution in [0.1, 0.15) is 28.1 Å². The summed E-state index contributed by atoms with van der Waals surface area (Å²) in [6, 6.07) is 0. The Bertz CT molecular complexity index is 480. The molecule has 0 atom stereocenters. The quantitative estimate of drug-likeness (QED) is 0.781. The molecule has 1 saturated carbocycles. The summed E-state index contributed by atoms with van der Waals surface area (Å²) in [4.78, 5) is 23.8. The minimum atomic E-state index is -0.417. The first-order valence-electron chi connectivity index (χ1n) is 6.28. The predicted octanol–water partition coefficient (Wildman–Crippen LogP) is 1.78. The van der Waals surface area contributed by atoms with Crippen LogP contribution in [0.3, 0.4) is 0 Å².